The van der Waals surface area contributed by atoms with Crippen LogP contribution in [0.3, 0.4) is 0 Å². The molecule has 0 aliphatic rings. The largest absolute Gasteiger partial charge is 0.271 e. The fourth-order valence-electron chi connectivity index (χ4n) is 2.72. The summed E-state index contributed by atoms with van der Waals surface area (Å²) in [6.07, 6.45) is 1.05. The number of benzene rings is 3. The van der Waals surface area contributed by atoms with Crippen molar-refractivity contribution in [3.05, 3.63) is 83.4 Å². The van der Waals surface area contributed by atoms with E-state index < -0.39 is 0 Å². The average molecular weight is 276 g/mol. The number of nitrogens with one attached hydrogen (secondary N) is 1. The van der Waals surface area contributed by atoms with Crippen molar-refractivity contribution >= 4 is 10.8 Å². The molecular weight excluding hydrogens is 256 g/mol. The molecule has 3 aromatic rings. The molecule has 0 amide bonds. The lowest BCUT2D eigenvalue weighted by Gasteiger charge is -2.18. The van der Waals surface area contributed by atoms with Crippen molar-refractivity contribution in [2.45, 2.75) is 19.4 Å². The molecule has 2 heteroatoms. The highest BCUT2D eigenvalue weighted by molar-refractivity contribution is 5.83. The number of hydrogen-bond donors (Lipinski definition) is 2. The van der Waals surface area contributed by atoms with E-state index in [0.29, 0.717) is 0 Å². The Morgan fingerprint density at radius 1 is 0.857 bits per heavy atom. The number of fused-ring (bicyclic) bond motifs is 1. The van der Waals surface area contributed by atoms with Gasteiger partial charge < -0.3 is 0 Å². The van der Waals surface area contributed by atoms with Crippen molar-refractivity contribution in [1.82, 2.24) is 5.43 Å². The van der Waals surface area contributed by atoms with E-state index in [1.54, 1.807) is 0 Å². The van der Waals surface area contributed by atoms with Crippen LogP contribution in [-0.4, -0.2) is 0 Å². The molecule has 3 N–H and O–H groups in total. The van der Waals surface area contributed by atoms with Crippen molar-refractivity contribution in [3.8, 4) is 0 Å². The van der Waals surface area contributed by atoms with Gasteiger partial charge in [-0.05, 0) is 39.9 Å². The van der Waals surface area contributed by atoms with Crippen molar-refractivity contribution < 1.29 is 0 Å². The summed E-state index contributed by atoms with van der Waals surface area (Å²) in [6.45, 7) is 2.16. The zero-order valence-corrected chi connectivity index (χ0v) is 12.2. The first kappa shape index (κ1) is 13.8. The molecule has 0 bridgehead atoms. The Labute approximate surface area is 125 Å². The molecule has 0 aromatic heterocycles. The Balaban J connectivity index is 2.00. The van der Waals surface area contributed by atoms with Crippen molar-refractivity contribution in [2.24, 2.45) is 5.84 Å². The Hall–Kier alpha value is -2.16. The van der Waals surface area contributed by atoms with Crippen molar-refractivity contribution in [1.29, 1.82) is 0 Å². The van der Waals surface area contributed by atoms with Gasteiger partial charge in [0.2, 0.25) is 0 Å². The molecule has 1 unspecified atom stereocenters. The summed E-state index contributed by atoms with van der Waals surface area (Å²) in [5.41, 5.74) is 6.64. The third kappa shape index (κ3) is 2.82. The number of hydrogen-bond acceptors (Lipinski definition) is 2. The molecule has 0 radical (unpaired) electrons. The normalized spacial score (nSPS) is 12.5. The van der Waals surface area contributed by atoms with Crippen LogP contribution in [-0.2, 0) is 6.42 Å². The van der Waals surface area contributed by atoms with Crippen LogP contribution in [0.25, 0.3) is 10.8 Å². The fraction of sp³-hybridized carbons (Fsp3) is 0.158. The van der Waals surface area contributed by atoms with E-state index in [-0.39, 0.29) is 6.04 Å². The van der Waals surface area contributed by atoms with Crippen LogP contribution >= 0.6 is 0 Å². The summed E-state index contributed by atoms with van der Waals surface area (Å²) in [6, 6.07) is 23.5. The number of nitrogens with two attached hydrogens (primary N) is 1. The predicted octanol–water partition coefficient (Wildman–Crippen LogP) is 3.95. The van der Waals surface area contributed by atoms with E-state index in [0.717, 1.165) is 6.42 Å². The second kappa shape index (κ2) is 6.08. The third-order valence-electron chi connectivity index (χ3n) is 3.99. The van der Waals surface area contributed by atoms with Gasteiger partial charge in [0.05, 0.1) is 6.04 Å². The number of rotatable bonds is 4. The summed E-state index contributed by atoms with van der Waals surface area (Å²) in [5.74, 6) is 5.80. The molecule has 106 valence electrons. The zero-order chi connectivity index (χ0) is 14.7. The van der Waals surface area contributed by atoms with Crippen LogP contribution in [0.2, 0.25) is 0 Å². The first-order valence-electron chi connectivity index (χ1n) is 7.35. The highest BCUT2D eigenvalue weighted by Crippen LogP contribution is 2.25. The van der Waals surface area contributed by atoms with Crippen molar-refractivity contribution in [2.75, 3.05) is 0 Å². The lowest BCUT2D eigenvalue weighted by molar-refractivity contribution is 0.637. The van der Waals surface area contributed by atoms with Crippen LogP contribution in [0.4, 0.5) is 0 Å². The van der Waals surface area contributed by atoms with Gasteiger partial charge in [-0.1, -0.05) is 67.6 Å². The molecule has 21 heavy (non-hydrogen) atoms. The fourth-order valence-corrected chi connectivity index (χ4v) is 2.72. The molecule has 0 saturated carbocycles. The summed E-state index contributed by atoms with van der Waals surface area (Å²) in [5, 5.41) is 2.48. The molecule has 1 atom stereocenters. The molecule has 0 spiro atoms. The van der Waals surface area contributed by atoms with Gasteiger partial charge in [-0.15, -0.1) is 0 Å². The highest BCUT2D eigenvalue weighted by atomic mass is 15.2. The second-order valence-electron chi connectivity index (χ2n) is 5.30. The Kier molecular flexibility index (Phi) is 4.00. The van der Waals surface area contributed by atoms with E-state index in [1.807, 2.05) is 0 Å². The lowest BCUT2D eigenvalue weighted by Crippen LogP contribution is -2.28. The minimum Gasteiger partial charge on any atom is -0.271 e. The molecule has 3 rings (SSSR count). The second-order valence-corrected chi connectivity index (χ2v) is 5.30. The van der Waals surface area contributed by atoms with Crippen LogP contribution in [0, 0.1) is 0 Å². The topological polar surface area (TPSA) is 38.0 Å². The van der Waals surface area contributed by atoms with Crippen LogP contribution in [0.15, 0.2) is 66.7 Å². The van der Waals surface area contributed by atoms with E-state index >= 15 is 0 Å². The maximum Gasteiger partial charge on any atom is 0.0710 e. The highest BCUT2D eigenvalue weighted by Gasteiger charge is 2.12. The third-order valence-corrected chi connectivity index (χ3v) is 3.99. The van der Waals surface area contributed by atoms with E-state index in [1.165, 1.54) is 27.5 Å². The minimum atomic E-state index is 0.0144. The van der Waals surface area contributed by atoms with Crippen LogP contribution < -0.4 is 11.3 Å². The van der Waals surface area contributed by atoms with Gasteiger partial charge in [-0.3, -0.25) is 5.84 Å². The van der Waals surface area contributed by atoms with Gasteiger partial charge in [-0.25, -0.2) is 5.43 Å². The monoisotopic (exact) mass is 276 g/mol. The molecule has 2 nitrogen and oxygen atoms in total. The van der Waals surface area contributed by atoms with E-state index in [4.69, 9.17) is 5.84 Å². The van der Waals surface area contributed by atoms with Gasteiger partial charge >= 0.3 is 0 Å². The summed E-state index contributed by atoms with van der Waals surface area (Å²) in [4.78, 5) is 0. The Morgan fingerprint density at radius 3 is 2.19 bits per heavy atom. The standard InChI is InChI=1S/C19H20N2/c1-2-14-7-9-16(10-8-14)19(21-20)18-12-11-15-5-3-4-6-17(15)13-18/h3-13,19,21H,2,20H2,1H3. The van der Waals surface area contributed by atoms with Crippen LogP contribution in [0.5, 0.6) is 0 Å². The van der Waals surface area contributed by atoms with E-state index in [9.17, 15) is 0 Å². The molecule has 0 aliphatic carbocycles. The lowest BCUT2D eigenvalue weighted by atomic mass is 9.96. The number of hydrazine groups is 1. The maximum absolute atomic E-state index is 5.80. The molecule has 0 heterocycles. The van der Waals surface area contributed by atoms with Gasteiger partial charge in [0.15, 0.2) is 0 Å². The molecule has 0 aliphatic heterocycles. The summed E-state index contributed by atoms with van der Waals surface area (Å²) in [7, 11) is 0. The van der Waals surface area contributed by atoms with E-state index in [2.05, 4.69) is 79.1 Å². The Bertz CT molecular complexity index is 732. The SMILES string of the molecule is CCc1ccc(C(NN)c2ccc3ccccc3c2)cc1. The predicted molar refractivity (Wildman–Crippen MR) is 88.9 cm³/mol. The Morgan fingerprint density at radius 2 is 1.52 bits per heavy atom. The average Bonchev–Trinajstić information content (AvgIpc) is 2.56. The molecule has 0 saturated heterocycles. The van der Waals surface area contributed by atoms with Gasteiger partial charge in [0.1, 0.15) is 0 Å². The zero-order valence-electron chi connectivity index (χ0n) is 12.2. The minimum absolute atomic E-state index is 0.0144. The van der Waals surface area contributed by atoms with Crippen LogP contribution in [0.1, 0.15) is 29.7 Å². The molecule has 3 aromatic carbocycles. The first-order chi connectivity index (χ1) is 10.3. The smallest absolute Gasteiger partial charge is 0.0710 e. The summed E-state index contributed by atoms with van der Waals surface area (Å²) >= 11 is 0. The quantitative estimate of drug-likeness (QED) is 0.559. The summed E-state index contributed by atoms with van der Waals surface area (Å²) < 4.78 is 0. The van der Waals surface area contributed by atoms with Gasteiger partial charge in [0.25, 0.3) is 0 Å². The number of aryl methyl sites for hydroxylation is 1. The first-order valence-corrected chi connectivity index (χ1v) is 7.35. The maximum atomic E-state index is 5.80. The molecular formula is C19H20N2. The van der Waals surface area contributed by atoms with Gasteiger partial charge in [0, 0.05) is 0 Å². The van der Waals surface area contributed by atoms with Crippen molar-refractivity contribution in [3.63, 3.8) is 0 Å². The van der Waals surface area contributed by atoms with Gasteiger partial charge in [-0.2, -0.15) is 0 Å². The molecule has 0 fully saturated rings.